The molecule has 3 heteroatoms. The molecule has 4 aromatic rings. The molecular formula is C27H30N2O. The number of ether oxygens (including phenoxy) is 1. The second-order valence-electron chi connectivity index (χ2n) is 8.19. The van der Waals surface area contributed by atoms with Gasteiger partial charge in [-0.1, -0.05) is 74.0 Å². The van der Waals surface area contributed by atoms with E-state index in [9.17, 15) is 0 Å². The molecule has 0 unspecified atom stereocenters. The Bertz CT molecular complexity index is 1110. The van der Waals surface area contributed by atoms with Gasteiger partial charge in [-0.05, 0) is 49.4 Å². The van der Waals surface area contributed by atoms with Crippen LogP contribution in [-0.4, -0.2) is 16.2 Å². The second kappa shape index (κ2) is 9.17. The van der Waals surface area contributed by atoms with E-state index in [4.69, 9.17) is 9.72 Å². The van der Waals surface area contributed by atoms with Crippen molar-refractivity contribution in [3.63, 3.8) is 0 Å². The van der Waals surface area contributed by atoms with Crippen LogP contribution in [0.5, 0.6) is 5.75 Å². The van der Waals surface area contributed by atoms with Gasteiger partial charge >= 0.3 is 0 Å². The number of benzene rings is 3. The lowest BCUT2D eigenvalue weighted by atomic mass is 10.0. The third-order valence-corrected chi connectivity index (χ3v) is 5.54. The molecule has 0 amide bonds. The van der Waals surface area contributed by atoms with Crippen LogP contribution in [0.15, 0.2) is 72.8 Å². The SMILES string of the molecule is Cc1ccc(-c2nc3ccccc3n2CCCCOc2ccccc2C(C)C)cc1. The molecule has 0 bridgehead atoms. The third kappa shape index (κ3) is 4.40. The zero-order valence-electron chi connectivity index (χ0n) is 18.1. The summed E-state index contributed by atoms with van der Waals surface area (Å²) >= 11 is 0. The maximum Gasteiger partial charge on any atom is 0.141 e. The second-order valence-corrected chi connectivity index (χ2v) is 8.19. The fraction of sp³-hybridized carbons (Fsp3) is 0.296. The number of nitrogens with zero attached hydrogens (tertiary/aromatic N) is 2. The van der Waals surface area contributed by atoms with E-state index >= 15 is 0 Å². The van der Waals surface area contributed by atoms with Crippen LogP contribution in [0.3, 0.4) is 0 Å². The molecule has 0 spiro atoms. The Morgan fingerprint density at radius 2 is 1.60 bits per heavy atom. The summed E-state index contributed by atoms with van der Waals surface area (Å²) < 4.78 is 8.46. The highest BCUT2D eigenvalue weighted by Gasteiger charge is 2.12. The van der Waals surface area contributed by atoms with Crippen molar-refractivity contribution in [3.05, 3.63) is 83.9 Å². The smallest absolute Gasteiger partial charge is 0.141 e. The number of fused-ring (bicyclic) bond motifs is 1. The summed E-state index contributed by atoms with van der Waals surface area (Å²) in [6.45, 7) is 8.19. The molecule has 30 heavy (non-hydrogen) atoms. The van der Waals surface area contributed by atoms with Crippen LogP contribution >= 0.6 is 0 Å². The molecule has 0 fully saturated rings. The van der Waals surface area contributed by atoms with Gasteiger partial charge in [0.15, 0.2) is 0 Å². The Morgan fingerprint density at radius 3 is 2.40 bits per heavy atom. The fourth-order valence-corrected chi connectivity index (χ4v) is 3.87. The molecule has 4 rings (SSSR count). The minimum atomic E-state index is 0.468. The largest absolute Gasteiger partial charge is 0.493 e. The molecule has 3 nitrogen and oxygen atoms in total. The number of unbranched alkanes of at least 4 members (excludes halogenated alkanes) is 1. The van der Waals surface area contributed by atoms with Crippen LogP contribution < -0.4 is 4.74 Å². The standard InChI is InChI=1S/C27H30N2O/c1-20(2)23-10-4-7-13-26(23)30-19-9-8-18-29-25-12-6-5-11-24(25)28-27(29)22-16-14-21(3)15-17-22/h4-7,10-17,20H,8-9,18-19H2,1-3H3. The van der Waals surface area contributed by atoms with Crippen LogP contribution in [0.1, 0.15) is 43.7 Å². The highest BCUT2D eigenvalue weighted by atomic mass is 16.5. The number of imidazole rings is 1. The Labute approximate surface area is 179 Å². The van der Waals surface area contributed by atoms with E-state index in [0.29, 0.717) is 5.92 Å². The van der Waals surface area contributed by atoms with Crippen LogP contribution in [0.2, 0.25) is 0 Å². The molecule has 0 N–H and O–H groups in total. The predicted octanol–water partition coefficient (Wildman–Crippen LogP) is 6.99. The summed E-state index contributed by atoms with van der Waals surface area (Å²) in [7, 11) is 0. The van der Waals surface area contributed by atoms with Crippen LogP contribution in [-0.2, 0) is 6.54 Å². The van der Waals surface area contributed by atoms with Crippen LogP contribution in [0, 0.1) is 6.92 Å². The lowest BCUT2D eigenvalue weighted by Gasteiger charge is -2.14. The van der Waals surface area contributed by atoms with Gasteiger partial charge in [-0.25, -0.2) is 4.98 Å². The zero-order chi connectivity index (χ0) is 20.9. The van der Waals surface area contributed by atoms with Gasteiger partial charge in [0.05, 0.1) is 17.6 Å². The van der Waals surface area contributed by atoms with Crippen molar-refractivity contribution < 1.29 is 4.74 Å². The number of aromatic nitrogens is 2. The number of para-hydroxylation sites is 3. The molecule has 3 aromatic carbocycles. The van der Waals surface area contributed by atoms with Crippen molar-refractivity contribution in [2.24, 2.45) is 0 Å². The van der Waals surface area contributed by atoms with Gasteiger partial charge in [0.1, 0.15) is 11.6 Å². The van der Waals surface area contributed by atoms with E-state index in [0.717, 1.165) is 43.1 Å². The Hall–Kier alpha value is -3.07. The number of hydrogen-bond acceptors (Lipinski definition) is 2. The first kappa shape index (κ1) is 20.2. The van der Waals surface area contributed by atoms with Gasteiger partial charge < -0.3 is 9.30 Å². The van der Waals surface area contributed by atoms with Gasteiger partial charge in [0, 0.05) is 12.1 Å². The van der Waals surface area contributed by atoms with Gasteiger partial charge in [0.25, 0.3) is 0 Å². The van der Waals surface area contributed by atoms with Crippen molar-refractivity contribution in [3.8, 4) is 17.1 Å². The van der Waals surface area contributed by atoms with Crippen molar-refractivity contribution in [2.45, 2.75) is 46.1 Å². The van der Waals surface area contributed by atoms with Crippen LogP contribution in [0.25, 0.3) is 22.4 Å². The van der Waals surface area contributed by atoms with Gasteiger partial charge in [-0.2, -0.15) is 0 Å². The average molecular weight is 399 g/mol. The molecule has 154 valence electrons. The quantitative estimate of drug-likeness (QED) is 0.299. The molecule has 0 aliphatic carbocycles. The maximum absolute atomic E-state index is 6.11. The number of hydrogen-bond donors (Lipinski definition) is 0. The van der Waals surface area contributed by atoms with E-state index in [1.54, 1.807) is 0 Å². The fourth-order valence-electron chi connectivity index (χ4n) is 3.87. The third-order valence-electron chi connectivity index (χ3n) is 5.54. The van der Waals surface area contributed by atoms with Crippen LogP contribution in [0.4, 0.5) is 0 Å². The molecule has 1 aromatic heterocycles. The molecule has 0 aliphatic heterocycles. The van der Waals surface area contributed by atoms with Gasteiger partial charge in [-0.15, -0.1) is 0 Å². The highest BCUT2D eigenvalue weighted by molar-refractivity contribution is 5.80. The molecule has 0 radical (unpaired) electrons. The van der Waals surface area contributed by atoms with E-state index < -0.39 is 0 Å². The van der Waals surface area contributed by atoms with Crippen molar-refractivity contribution in [1.82, 2.24) is 9.55 Å². The van der Waals surface area contributed by atoms with Crippen molar-refractivity contribution in [1.29, 1.82) is 0 Å². The van der Waals surface area contributed by atoms with E-state index in [1.165, 1.54) is 22.2 Å². The Balaban J connectivity index is 1.45. The molecule has 0 saturated carbocycles. The molecule has 0 aliphatic rings. The lowest BCUT2D eigenvalue weighted by molar-refractivity contribution is 0.299. The number of aryl methyl sites for hydroxylation is 2. The van der Waals surface area contributed by atoms with E-state index in [-0.39, 0.29) is 0 Å². The van der Waals surface area contributed by atoms with Crippen molar-refractivity contribution in [2.75, 3.05) is 6.61 Å². The maximum atomic E-state index is 6.11. The van der Waals surface area contributed by atoms with E-state index in [1.807, 2.05) is 6.07 Å². The first-order valence-corrected chi connectivity index (χ1v) is 10.9. The first-order valence-electron chi connectivity index (χ1n) is 10.9. The molecule has 0 atom stereocenters. The summed E-state index contributed by atoms with van der Waals surface area (Å²) in [5.41, 5.74) is 5.95. The van der Waals surface area contributed by atoms with Gasteiger partial charge in [0.2, 0.25) is 0 Å². The zero-order valence-corrected chi connectivity index (χ0v) is 18.1. The molecule has 0 saturated heterocycles. The Kier molecular flexibility index (Phi) is 6.18. The average Bonchev–Trinajstić information content (AvgIpc) is 3.13. The predicted molar refractivity (Wildman–Crippen MR) is 125 cm³/mol. The Morgan fingerprint density at radius 1 is 0.867 bits per heavy atom. The topological polar surface area (TPSA) is 27.1 Å². The minimum Gasteiger partial charge on any atom is -0.493 e. The summed E-state index contributed by atoms with van der Waals surface area (Å²) in [5, 5.41) is 0. The normalized spacial score (nSPS) is 11.3. The summed E-state index contributed by atoms with van der Waals surface area (Å²) in [4.78, 5) is 4.92. The minimum absolute atomic E-state index is 0.468. The number of rotatable bonds is 8. The lowest BCUT2D eigenvalue weighted by Crippen LogP contribution is -2.05. The summed E-state index contributed by atoms with van der Waals surface area (Å²) in [6.07, 6.45) is 2.05. The van der Waals surface area contributed by atoms with Gasteiger partial charge in [-0.3, -0.25) is 0 Å². The monoisotopic (exact) mass is 398 g/mol. The first-order chi connectivity index (χ1) is 14.6. The van der Waals surface area contributed by atoms with E-state index in [2.05, 4.69) is 92.1 Å². The molecular weight excluding hydrogens is 368 g/mol. The summed E-state index contributed by atoms with van der Waals surface area (Å²) in [6, 6.07) is 25.4. The highest BCUT2D eigenvalue weighted by Crippen LogP contribution is 2.27. The van der Waals surface area contributed by atoms with Crippen molar-refractivity contribution >= 4 is 11.0 Å². The molecule has 1 heterocycles. The summed E-state index contributed by atoms with van der Waals surface area (Å²) in [5.74, 6) is 2.53.